The normalized spacial score (nSPS) is 14.3. The lowest BCUT2D eigenvalue weighted by atomic mass is 10.2. The van der Waals surface area contributed by atoms with E-state index in [1.165, 1.54) is 42.0 Å². The highest BCUT2D eigenvalue weighted by Crippen LogP contribution is 2.28. The largest absolute Gasteiger partial charge is 0.493 e. The average Bonchev–Trinajstić information content (AvgIpc) is 3.05. The van der Waals surface area contributed by atoms with Gasteiger partial charge in [-0.15, -0.1) is 10.2 Å². The number of carbonyl (C=O) groups is 2. The van der Waals surface area contributed by atoms with E-state index in [-0.39, 0.29) is 11.8 Å². The number of rotatable bonds is 8. The van der Waals surface area contributed by atoms with Crippen molar-refractivity contribution in [2.24, 2.45) is 0 Å². The number of benzene rings is 1. The molecule has 0 saturated carbocycles. The number of thioether (sulfide) groups is 1. The summed E-state index contributed by atoms with van der Waals surface area (Å²) in [5.41, 5.74) is 0.799. The van der Waals surface area contributed by atoms with Crippen LogP contribution in [0.4, 0.5) is 5.13 Å². The van der Waals surface area contributed by atoms with Crippen LogP contribution < -0.4 is 14.8 Å². The number of carbonyl (C=O) groups excluding carboxylic acids is 2. The topological polar surface area (TPSA) is 93.7 Å². The minimum absolute atomic E-state index is 0.130. The predicted molar refractivity (Wildman–Crippen MR) is 123 cm³/mol. The number of likely N-dealkylation sites (tertiary alicyclic amines) is 1. The Morgan fingerprint density at radius 2 is 1.87 bits per heavy atom. The maximum Gasteiger partial charge on any atom is 0.250 e. The second kappa shape index (κ2) is 11.7. The van der Waals surface area contributed by atoms with Gasteiger partial charge in [-0.1, -0.05) is 42.0 Å². The van der Waals surface area contributed by atoms with Gasteiger partial charge >= 0.3 is 0 Å². The molecule has 2 heterocycles. The van der Waals surface area contributed by atoms with Gasteiger partial charge in [0.15, 0.2) is 15.8 Å². The van der Waals surface area contributed by atoms with Crippen LogP contribution in [-0.4, -0.2) is 60.0 Å². The van der Waals surface area contributed by atoms with Crippen LogP contribution in [0.15, 0.2) is 28.6 Å². The molecule has 2 amide bonds. The van der Waals surface area contributed by atoms with Crippen LogP contribution in [0.3, 0.4) is 0 Å². The predicted octanol–water partition coefficient (Wildman–Crippen LogP) is 3.70. The van der Waals surface area contributed by atoms with Gasteiger partial charge in [0.1, 0.15) is 0 Å². The molecule has 1 aromatic heterocycles. The Kier molecular flexibility index (Phi) is 8.72. The molecular weight excluding hydrogens is 436 g/mol. The first-order valence-corrected chi connectivity index (χ1v) is 11.8. The van der Waals surface area contributed by atoms with Crippen LogP contribution in [-0.2, 0) is 9.59 Å². The Hall–Kier alpha value is -2.59. The zero-order chi connectivity index (χ0) is 22.1. The average molecular weight is 463 g/mol. The first-order valence-electron chi connectivity index (χ1n) is 10.0. The summed E-state index contributed by atoms with van der Waals surface area (Å²) in [6, 6.07) is 5.38. The number of anilines is 1. The van der Waals surface area contributed by atoms with Gasteiger partial charge < -0.3 is 14.4 Å². The fourth-order valence-electron chi connectivity index (χ4n) is 3.13. The van der Waals surface area contributed by atoms with E-state index in [1.54, 1.807) is 32.4 Å². The van der Waals surface area contributed by atoms with E-state index in [9.17, 15) is 9.59 Å². The van der Waals surface area contributed by atoms with Gasteiger partial charge in [0.2, 0.25) is 16.9 Å². The number of methoxy groups -OCH3 is 2. The molecule has 31 heavy (non-hydrogen) atoms. The zero-order valence-electron chi connectivity index (χ0n) is 17.6. The summed E-state index contributed by atoms with van der Waals surface area (Å²) in [6.45, 7) is 1.67. The molecule has 0 radical (unpaired) electrons. The molecule has 0 unspecified atom stereocenters. The first kappa shape index (κ1) is 23.1. The molecule has 8 nitrogen and oxygen atoms in total. The van der Waals surface area contributed by atoms with Gasteiger partial charge in [-0.05, 0) is 36.6 Å². The molecule has 2 aromatic rings. The number of nitrogens with one attached hydrogen (secondary N) is 1. The van der Waals surface area contributed by atoms with Crippen molar-refractivity contribution in [1.82, 2.24) is 15.1 Å². The molecular formula is C21H26N4O4S2. The van der Waals surface area contributed by atoms with Crippen LogP contribution in [0.25, 0.3) is 6.08 Å². The Balaban J connectivity index is 1.49. The third-order valence-electron chi connectivity index (χ3n) is 4.75. The van der Waals surface area contributed by atoms with Crippen LogP contribution in [0.1, 0.15) is 31.2 Å². The van der Waals surface area contributed by atoms with Gasteiger partial charge in [0, 0.05) is 19.2 Å². The molecule has 1 aromatic carbocycles. The van der Waals surface area contributed by atoms with Crippen molar-refractivity contribution in [3.05, 3.63) is 29.8 Å². The van der Waals surface area contributed by atoms with E-state index in [0.717, 1.165) is 31.5 Å². The zero-order valence-corrected chi connectivity index (χ0v) is 19.3. The third-order valence-corrected chi connectivity index (χ3v) is 6.71. The molecule has 0 atom stereocenters. The lowest BCUT2D eigenvalue weighted by molar-refractivity contribution is -0.128. The maximum atomic E-state index is 12.4. The van der Waals surface area contributed by atoms with E-state index in [0.29, 0.717) is 26.7 Å². The summed E-state index contributed by atoms with van der Waals surface area (Å²) < 4.78 is 11.1. The fourth-order valence-corrected chi connectivity index (χ4v) is 4.79. The van der Waals surface area contributed by atoms with Gasteiger partial charge in [0.25, 0.3) is 0 Å². The molecule has 1 saturated heterocycles. The molecule has 0 bridgehead atoms. The van der Waals surface area contributed by atoms with Gasteiger partial charge in [-0.3, -0.25) is 14.9 Å². The van der Waals surface area contributed by atoms with Gasteiger partial charge in [-0.25, -0.2) is 0 Å². The highest BCUT2D eigenvalue weighted by molar-refractivity contribution is 8.01. The Bertz CT molecular complexity index is 924. The summed E-state index contributed by atoms with van der Waals surface area (Å²) in [5, 5.41) is 11.1. The van der Waals surface area contributed by atoms with Crippen molar-refractivity contribution in [1.29, 1.82) is 0 Å². The van der Waals surface area contributed by atoms with Crippen molar-refractivity contribution in [2.75, 3.05) is 38.4 Å². The quantitative estimate of drug-likeness (QED) is 0.363. The van der Waals surface area contributed by atoms with Crippen molar-refractivity contribution in [3.8, 4) is 11.5 Å². The summed E-state index contributed by atoms with van der Waals surface area (Å²) >= 11 is 2.61. The Morgan fingerprint density at radius 3 is 2.58 bits per heavy atom. The van der Waals surface area contributed by atoms with Gasteiger partial charge in [-0.2, -0.15) is 0 Å². The fraction of sp³-hybridized carbons (Fsp3) is 0.429. The smallest absolute Gasteiger partial charge is 0.250 e. The Morgan fingerprint density at radius 1 is 1.13 bits per heavy atom. The number of hydrogen-bond acceptors (Lipinski definition) is 8. The maximum absolute atomic E-state index is 12.4. The van der Waals surface area contributed by atoms with E-state index < -0.39 is 0 Å². The molecule has 1 N–H and O–H groups in total. The van der Waals surface area contributed by atoms with E-state index >= 15 is 0 Å². The molecule has 166 valence electrons. The number of nitrogens with zero attached hydrogens (tertiary/aromatic N) is 3. The first-order chi connectivity index (χ1) is 15.1. The number of ether oxygens (including phenoxy) is 2. The summed E-state index contributed by atoms with van der Waals surface area (Å²) in [4.78, 5) is 26.5. The van der Waals surface area contributed by atoms with Crippen molar-refractivity contribution in [3.63, 3.8) is 0 Å². The van der Waals surface area contributed by atoms with E-state index in [1.807, 2.05) is 11.0 Å². The molecule has 0 aliphatic carbocycles. The van der Waals surface area contributed by atoms with Crippen molar-refractivity contribution < 1.29 is 19.1 Å². The van der Waals surface area contributed by atoms with Gasteiger partial charge in [0.05, 0.1) is 20.0 Å². The summed E-state index contributed by atoms with van der Waals surface area (Å²) in [7, 11) is 3.13. The molecule has 3 rings (SSSR count). The summed E-state index contributed by atoms with van der Waals surface area (Å²) in [6.07, 6.45) is 7.62. The Labute approximate surface area is 190 Å². The standard InChI is InChI=1S/C21H26N4O4S2/c1-28-16-9-7-15(13-17(16)29-2)8-10-18(26)22-20-23-24-21(31-20)30-14-19(27)25-11-5-3-4-6-12-25/h7-10,13H,3-6,11-12,14H2,1-2H3,(H,22,23,26)/b10-8+. The van der Waals surface area contributed by atoms with E-state index in [2.05, 4.69) is 15.5 Å². The monoisotopic (exact) mass is 462 g/mol. The summed E-state index contributed by atoms with van der Waals surface area (Å²) in [5.74, 6) is 1.36. The van der Waals surface area contributed by atoms with Crippen LogP contribution in [0.5, 0.6) is 11.5 Å². The highest BCUT2D eigenvalue weighted by Gasteiger charge is 2.17. The van der Waals surface area contributed by atoms with Crippen molar-refractivity contribution in [2.45, 2.75) is 30.0 Å². The number of hydrogen-bond donors (Lipinski definition) is 1. The molecule has 1 fully saturated rings. The molecule has 1 aliphatic rings. The SMILES string of the molecule is COc1ccc(/C=C/C(=O)Nc2nnc(SCC(=O)N3CCCCCC3)s2)cc1OC. The van der Waals surface area contributed by atoms with E-state index in [4.69, 9.17) is 9.47 Å². The van der Waals surface area contributed by atoms with Crippen LogP contribution >= 0.6 is 23.1 Å². The minimum Gasteiger partial charge on any atom is -0.493 e. The molecule has 10 heteroatoms. The van der Waals surface area contributed by atoms with Crippen molar-refractivity contribution >= 4 is 46.1 Å². The van der Waals surface area contributed by atoms with Crippen LogP contribution in [0.2, 0.25) is 0 Å². The highest BCUT2D eigenvalue weighted by atomic mass is 32.2. The molecule has 1 aliphatic heterocycles. The third kappa shape index (κ3) is 6.96. The lowest BCUT2D eigenvalue weighted by Gasteiger charge is -2.19. The number of amides is 2. The second-order valence-corrected chi connectivity index (χ2v) is 9.09. The number of aromatic nitrogens is 2. The van der Waals surface area contributed by atoms with Crippen LogP contribution in [0, 0.1) is 0 Å². The minimum atomic E-state index is -0.317. The lowest BCUT2D eigenvalue weighted by Crippen LogP contribution is -2.33. The molecule has 0 spiro atoms. The second-order valence-electron chi connectivity index (χ2n) is 6.89.